The Morgan fingerprint density at radius 1 is 1.50 bits per heavy atom. The summed E-state index contributed by atoms with van der Waals surface area (Å²) in [5.41, 5.74) is 1.32. The first-order valence-corrected chi connectivity index (χ1v) is 5.98. The highest BCUT2D eigenvalue weighted by Gasteiger charge is 2.18. The van der Waals surface area contributed by atoms with Crippen LogP contribution >= 0.6 is 12.4 Å². The Hall–Kier alpha value is -1.26. The summed E-state index contributed by atoms with van der Waals surface area (Å²) in [5, 5.41) is 15.8. The lowest BCUT2D eigenvalue weighted by Crippen LogP contribution is -2.45. The topological polar surface area (TPSA) is 61.4 Å². The zero-order valence-corrected chi connectivity index (χ0v) is 11.2. The molecule has 1 heterocycles. The molecule has 1 amide bonds. The molecule has 0 aromatic heterocycles. The van der Waals surface area contributed by atoms with Crippen LogP contribution in [-0.4, -0.2) is 30.1 Å². The molecule has 3 N–H and O–H groups in total. The van der Waals surface area contributed by atoms with Gasteiger partial charge < -0.3 is 15.7 Å². The number of phenols is 1. The van der Waals surface area contributed by atoms with Gasteiger partial charge in [0.1, 0.15) is 5.75 Å². The highest BCUT2D eigenvalue weighted by molar-refractivity contribution is 5.97. The molecular formula is C13H19ClN2O2. The van der Waals surface area contributed by atoms with Gasteiger partial charge in [-0.05, 0) is 38.4 Å². The fourth-order valence-electron chi connectivity index (χ4n) is 2.07. The summed E-state index contributed by atoms with van der Waals surface area (Å²) in [7, 11) is 0. The van der Waals surface area contributed by atoms with Crippen LogP contribution in [0.2, 0.25) is 0 Å². The van der Waals surface area contributed by atoms with Crippen LogP contribution in [0.5, 0.6) is 5.75 Å². The minimum Gasteiger partial charge on any atom is -0.507 e. The highest BCUT2D eigenvalue weighted by Crippen LogP contribution is 2.18. The number of halogens is 1. The van der Waals surface area contributed by atoms with E-state index in [0.29, 0.717) is 5.56 Å². The van der Waals surface area contributed by atoms with Crippen molar-refractivity contribution in [2.75, 3.05) is 13.1 Å². The number of piperidine rings is 1. The van der Waals surface area contributed by atoms with Crippen molar-refractivity contribution >= 4 is 18.3 Å². The van der Waals surface area contributed by atoms with Gasteiger partial charge in [0.25, 0.3) is 5.91 Å². The molecule has 1 fully saturated rings. The Labute approximate surface area is 113 Å². The fourth-order valence-corrected chi connectivity index (χ4v) is 2.07. The first-order valence-electron chi connectivity index (χ1n) is 5.98. The van der Waals surface area contributed by atoms with Crippen LogP contribution in [0.15, 0.2) is 18.2 Å². The van der Waals surface area contributed by atoms with E-state index in [-0.39, 0.29) is 30.1 Å². The number of carbonyl (C=O) groups is 1. The fraction of sp³-hybridized carbons (Fsp3) is 0.462. The van der Waals surface area contributed by atoms with Gasteiger partial charge in [0.05, 0.1) is 5.56 Å². The lowest BCUT2D eigenvalue weighted by atomic mass is 10.1. The van der Waals surface area contributed by atoms with E-state index < -0.39 is 0 Å². The van der Waals surface area contributed by atoms with Gasteiger partial charge in [-0.25, -0.2) is 0 Å². The van der Waals surface area contributed by atoms with Gasteiger partial charge in [0, 0.05) is 12.6 Å². The summed E-state index contributed by atoms with van der Waals surface area (Å²) in [5.74, 6) is -0.156. The van der Waals surface area contributed by atoms with Crippen molar-refractivity contribution in [1.82, 2.24) is 10.6 Å². The summed E-state index contributed by atoms with van der Waals surface area (Å²) in [6, 6.07) is 5.22. The maximum Gasteiger partial charge on any atom is 0.255 e. The van der Waals surface area contributed by atoms with Crippen LogP contribution in [0, 0.1) is 6.92 Å². The smallest absolute Gasteiger partial charge is 0.255 e. The number of hydrogen-bond acceptors (Lipinski definition) is 3. The third kappa shape index (κ3) is 3.62. The molecule has 1 aliphatic heterocycles. The maximum absolute atomic E-state index is 12.0. The molecule has 1 aliphatic rings. The Morgan fingerprint density at radius 2 is 2.28 bits per heavy atom. The number of amides is 1. The Morgan fingerprint density at radius 3 is 2.94 bits per heavy atom. The largest absolute Gasteiger partial charge is 0.507 e. The molecule has 0 aliphatic carbocycles. The number of hydrogen-bond donors (Lipinski definition) is 3. The Balaban J connectivity index is 0.00000162. The standard InChI is InChI=1S/C13H18N2O2.ClH/c1-9-4-5-12(16)11(7-9)13(17)15-10-3-2-6-14-8-10;/h4-5,7,10,14,16H,2-3,6,8H2,1H3,(H,15,17);1H/t10-;/m1./s1. The predicted molar refractivity (Wildman–Crippen MR) is 73.4 cm³/mol. The maximum atomic E-state index is 12.0. The van der Waals surface area contributed by atoms with Crippen LogP contribution in [-0.2, 0) is 0 Å². The molecule has 0 spiro atoms. The minimum atomic E-state index is -0.195. The lowest BCUT2D eigenvalue weighted by Gasteiger charge is -2.24. The number of aryl methyl sites for hydroxylation is 1. The molecule has 5 heteroatoms. The molecule has 0 unspecified atom stereocenters. The van der Waals surface area contributed by atoms with Gasteiger partial charge >= 0.3 is 0 Å². The van der Waals surface area contributed by atoms with Gasteiger partial charge in [-0.1, -0.05) is 11.6 Å². The lowest BCUT2D eigenvalue weighted by molar-refractivity contribution is 0.0928. The third-order valence-electron chi connectivity index (χ3n) is 3.03. The van der Waals surface area contributed by atoms with Crippen molar-refractivity contribution in [2.24, 2.45) is 0 Å². The minimum absolute atomic E-state index is 0. The zero-order valence-electron chi connectivity index (χ0n) is 10.4. The second-order valence-electron chi connectivity index (χ2n) is 4.54. The van der Waals surface area contributed by atoms with Crippen molar-refractivity contribution < 1.29 is 9.90 Å². The molecule has 1 aromatic carbocycles. The molecule has 18 heavy (non-hydrogen) atoms. The second kappa shape index (κ2) is 6.61. The molecule has 0 radical (unpaired) electrons. The molecule has 4 nitrogen and oxygen atoms in total. The van der Waals surface area contributed by atoms with Crippen molar-refractivity contribution in [3.63, 3.8) is 0 Å². The first-order chi connectivity index (χ1) is 8.16. The van der Waals surface area contributed by atoms with Crippen LogP contribution in [0.4, 0.5) is 0 Å². The number of phenolic OH excluding ortho intramolecular Hbond substituents is 1. The third-order valence-corrected chi connectivity index (χ3v) is 3.03. The van der Waals surface area contributed by atoms with Gasteiger partial charge in [-0.3, -0.25) is 4.79 Å². The Bertz CT molecular complexity index is 417. The number of nitrogens with one attached hydrogen (secondary N) is 2. The van der Waals surface area contributed by atoms with Crippen LogP contribution in [0.3, 0.4) is 0 Å². The number of benzene rings is 1. The van der Waals surface area contributed by atoms with Crippen molar-refractivity contribution in [2.45, 2.75) is 25.8 Å². The first kappa shape index (κ1) is 14.8. The summed E-state index contributed by atoms with van der Waals surface area (Å²) >= 11 is 0. The van der Waals surface area contributed by atoms with Gasteiger partial charge in [-0.15, -0.1) is 12.4 Å². The van der Waals surface area contributed by atoms with E-state index in [4.69, 9.17) is 0 Å². The van der Waals surface area contributed by atoms with E-state index in [2.05, 4.69) is 10.6 Å². The Kier molecular flexibility index (Phi) is 5.44. The molecule has 0 saturated carbocycles. The monoisotopic (exact) mass is 270 g/mol. The molecule has 1 saturated heterocycles. The van der Waals surface area contributed by atoms with Crippen LogP contribution < -0.4 is 10.6 Å². The highest BCUT2D eigenvalue weighted by atomic mass is 35.5. The molecule has 100 valence electrons. The van der Waals surface area contributed by atoms with Crippen molar-refractivity contribution in [1.29, 1.82) is 0 Å². The van der Waals surface area contributed by atoms with E-state index in [1.165, 1.54) is 0 Å². The number of aromatic hydroxyl groups is 1. The van der Waals surface area contributed by atoms with Crippen molar-refractivity contribution in [3.05, 3.63) is 29.3 Å². The molecule has 1 aromatic rings. The zero-order chi connectivity index (χ0) is 12.3. The summed E-state index contributed by atoms with van der Waals surface area (Å²) < 4.78 is 0. The summed E-state index contributed by atoms with van der Waals surface area (Å²) in [6.45, 7) is 3.72. The average molecular weight is 271 g/mol. The van der Waals surface area contributed by atoms with Gasteiger partial charge in [0.2, 0.25) is 0 Å². The van der Waals surface area contributed by atoms with Crippen LogP contribution in [0.25, 0.3) is 0 Å². The average Bonchev–Trinajstić information content (AvgIpc) is 2.33. The summed E-state index contributed by atoms with van der Waals surface area (Å²) in [6.07, 6.45) is 2.07. The van der Waals surface area contributed by atoms with Crippen LogP contribution in [0.1, 0.15) is 28.8 Å². The van der Waals surface area contributed by atoms with Gasteiger partial charge in [-0.2, -0.15) is 0 Å². The van der Waals surface area contributed by atoms with E-state index in [0.717, 1.165) is 31.5 Å². The van der Waals surface area contributed by atoms with E-state index in [1.807, 2.05) is 6.92 Å². The van der Waals surface area contributed by atoms with E-state index in [1.54, 1.807) is 18.2 Å². The van der Waals surface area contributed by atoms with Crippen molar-refractivity contribution in [3.8, 4) is 5.75 Å². The normalized spacial score (nSPS) is 18.8. The molecule has 1 atom stereocenters. The molecule has 0 bridgehead atoms. The molecule has 2 rings (SSSR count). The number of rotatable bonds is 2. The van der Waals surface area contributed by atoms with Gasteiger partial charge in [0.15, 0.2) is 0 Å². The quantitative estimate of drug-likeness (QED) is 0.765. The van der Waals surface area contributed by atoms with E-state index >= 15 is 0 Å². The molecular weight excluding hydrogens is 252 g/mol. The van der Waals surface area contributed by atoms with E-state index in [9.17, 15) is 9.90 Å². The second-order valence-corrected chi connectivity index (χ2v) is 4.54. The summed E-state index contributed by atoms with van der Waals surface area (Å²) in [4.78, 5) is 12.0. The number of carbonyl (C=O) groups excluding carboxylic acids is 1. The SMILES string of the molecule is Cc1ccc(O)c(C(=O)N[C@@H]2CCCNC2)c1.Cl. The predicted octanol–water partition coefficient (Wildman–Crippen LogP) is 1.60.